The molecular formula is C10H8Cl2N2O2S. The van der Waals surface area contributed by atoms with Gasteiger partial charge in [-0.3, -0.25) is 0 Å². The monoisotopic (exact) mass is 290 g/mol. The molecule has 4 nitrogen and oxygen atoms in total. The number of hydrogen-bond donors (Lipinski definition) is 1. The van der Waals surface area contributed by atoms with Crippen molar-refractivity contribution in [2.45, 2.75) is 6.92 Å². The lowest BCUT2D eigenvalue weighted by Gasteiger charge is -2.14. The van der Waals surface area contributed by atoms with Gasteiger partial charge in [0.2, 0.25) is 0 Å². The lowest BCUT2D eigenvalue weighted by atomic mass is 10.2. The fourth-order valence-corrected chi connectivity index (χ4v) is 2.69. The summed E-state index contributed by atoms with van der Waals surface area (Å²) in [7, 11) is -3.56. The highest BCUT2D eigenvalue weighted by Crippen LogP contribution is 2.26. The van der Waals surface area contributed by atoms with E-state index in [0.717, 1.165) is 5.41 Å². The Morgan fingerprint density at radius 3 is 2.53 bits per heavy atom. The SMILES string of the molecule is CC1=NS(=O)(=O)C=C(c2ccc(Cl)c(Cl)c2)N1. The number of sulfonamides is 1. The van der Waals surface area contributed by atoms with Crippen molar-refractivity contribution in [3.63, 3.8) is 0 Å². The second-order valence-corrected chi connectivity index (χ2v) is 5.74. The maximum Gasteiger partial charge on any atom is 0.279 e. The van der Waals surface area contributed by atoms with Gasteiger partial charge in [0.05, 0.1) is 21.2 Å². The summed E-state index contributed by atoms with van der Waals surface area (Å²) < 4.78 is 26.3. The first kappa shape index (κ1) is 12.4. The molecule has 0 saturated heterocycles. The first-order valence-corrected chi connectivity index (χ1v) is 6.89. The normalized spacial score (nSPS) is 18.1. The van der Waals surface area contributed by atoms with Gasteiger partial charge in [-0.2, -0.15) is 8.42 Å². The predicted octanol–water partition coefficient (Wildman–Crippen LogP) is 2.64. The van der Waals surface area contributed by atoms with Crippen LogP contribution in [0.1, 0.15) is 12.5 Å². The molecule has 1 aliphatic heterocycles. The molecule has 0 atom stereocenters. The first-order chi connectivity index (χ1) is 7.87. The van der Waals surface area contributed by atoms with Crippen LogP contribution in [0.15, 0.2) is 28.0 Å². The van der Waals surface area contributed by atoms with Crippen LogP contribution in [0, 0.1) is 0 Å². The van der Waals surface area contributed by atoms with Crippen LogP contribution in [-0.4, -0.2) is 14.3 Å². The highest BCUT2D eigenvalue weighted by molar-refractivity contribution is 7.93. The van der Waals surface area contributed by atoms with Crippen molar-refractivity contribution in [3.8, 4) is 0 Å². The lowest BCUT2D eigenvalue weighted by Crippen LogP contribution is -2.24. The molecule has 0 aromatic heterocycles. The van der Waals surface area contributed by atoms with Crippen molar-refractivity contribution in [2.75, 3.05) is 0 Å². The Kier molecular flexibility index (Phi) is 3.16. The van der Waals surface area contributed by atoms with Gasteiger partial charge in [0.25, 0.3) is 10.0 Å². The van der Waals surface area contributed by atoms with E-state index in [9.17, 15) is 8.42 Å². The average Bonchev–Trinajstić information content (AvgIpc) is 2.19. The molecule has 0 amide bonds. The topological polar surface area (TPSA) is 58.5 Å². The number of benzene rings is 1. The largest absolute Gasteiger partial charge is 0.342 e. The minimum Gasteiger partial charge on any atom is -0.342 e. The van der Waals surface area contributed by atoms with E-state index in [2.05, 4.69) is 9.71 Å². The zero-order valence-corrected chi connectivity index (χ0v) is 11.1. The molecule has 7 heteroatoms. The Labute approximate surface area is 109 Å². The molecule has 1 aliphatic rings. The molecule has 0 unspecified atom stereocenters. The van der Waals surface area contributed by atoms with Gasteiger partial charge in [0.1, 0.15) is 5.84 Å². The summed E-state index contributed by atoms with van der Waals surface area (Å²) in [5, 5.41) is 4.70. The summed E-state index contributed by atoms with van der Waals surface area (Å²) in [6.07, 6.45) is 0. The van der Waals surface area contributed by atoms with E-state index in [1.807, 2.05) is 0 Å². The number of nitrogens with one attached hydrogen (secondary N) is 1. The number of nitrogens with zero attached hydrogens (tertiary/aromatic N) is 1. The fourth-order valence-electron chi connectivity index (χ4n) is 1.42. The van der Waals surface area contributed by atoms with Crippen LogP contribution in [0.25, 0.3) is 5.70 Å². The maximum absolute atomic E-state index is 11.4. The summed E-state index contributed by atoms with van der Waals surface area (Å²) in [4.78, 5) is 0. The van der Waals surface area contributed by atoms with Gasteiger partial charge in [0, 0.05) is 5.56 Å². The summed E-state index contributed by atoms with van der Waals surface area (Å²) >= 11 is 11.7. The zero-order valence-electron chi connectivity index (χ0n) is 8.74. The molecule has 1 N–H and O–H groups in total. The summed E-state index contributed by atoms with van der Waals surface area (Å²) in [6, 6.07) is 4.88. The third kappa shape index (κ3) is 2.80. The number of hydrogen-bond acceptors (Lipinski definition) is 3. The number of amidine groups is 1. The van der Waals surface area contributed by atoms with E-state index < -0.39 is 10.0 Å². The number of rotatable bonds is 1. The zero-order chi connectivity index (χ0) is 12.6. The molecule has 0 fully saturated rings. The second-order valence-electron chi connectivity index (χ2n) is 3.48. The molecule has 0 bridgehead atoms. The molecule has 90 valence electrons. The van der Waals surface area contributed by atoms with Gasteiger partial charge in [-0.1, -0.05) is 29.3 Å². The van der Waals surface area contributed by atoms with Gasteiger partial charge in [-0.25, -0.2) is 0 Å². The van der Waals surface area contributed by atoms with Crippen LogP contribution in [-0.2, 0) is 10.0 Å². The van der Waals surface area contributed by atoms with E-state index >= 15 is 0 Å². The molecule has 1 aromatic rings. The predicted molar refractivity (Wildman–Crippen MR) is 69.6 cm³/mol. The smallest absolute Gasteiger partial charge is 0.279 e. The Hall–Kier alpha value is -1.04. The van der Waals surface area contributed by atoms with E-state index in [-0.39, 0.29) is 0 Å². The molecule has 2 rings (SSSR count). The van der Waals surface area contributed by atoms with Gasteiger partial charge in [0.15, 0.2) is 0 Å². The number of halogens is 2. The minimum atomic E-state index is -3.56. The van der Waals surface area contributed by atoms with Crippen LogP contribution in [0.5, 0.6) is 0 Å². The van der Waals surface area contributed by atoms with E-state index in [0.29, 0.717) is 27.1 Å². The standard InChI is InChI=1S/C10H8Cl2N2O2S/c1-6-13-10(5-17(15,16)14-6)7-2-3-8(11)9(12)4-7/h2-5H,1H3,(H,13,14). The van der Waals surface area contributed by atoms with Crippen molar-refractivity contribution in [3.05, 3.63) is 39.2 Å². The minimum absolute atomic E-state index is 0.313. The van der Waals surface area contributed by atoms with Crippen molar-refractivity contribution < 1.29 is 8.42 Å². The molecule has 0 aliphatic carbocycles. The summed E-state index contributed by atoms with van der Waals surface area (Å²) in [6.45, 7) is 1.57. The lowest BCUT2D eigenvalue weighted by molar-refractivity contribution is 0.606. The van der Waals surface area contributed by atoms with Crippen LogP contribution >= 0.6 is 23.2 Å². The summed E-state index contributed by atoms with van der Waals surface area (Å²) in [5.41, 5.74) is 1.06. The van der Waals surface area contributed by atoms with Crippen LogP contribution in [0.3, 0.4) is 0 Å². The van der Waals surface area contributed by atoms with Crippen LogP contribution in [0.2, 0.25) is 10.0 Å². The van der Waals surface area contributed by atoms with E-state index in [1.165, 1.54) is 0 Å². The average molecular weight is 291 g/mol. The fraction of sp³-hybridized carbons (Fsp3) is 0.100. The van der Waals surface area contributed by atoms with Crippen molar-refractivity contribution in [1.29, 1.82) is 0 Å². The second kappa shape index (κ2) is 4.33. The van der Waals surface area contributed by atoms with Crippen LogP contribution in [0.4, 0.5) is 0 Å². The Balaban J connectivity index is 2.48. The Morgan fingerprint density at radius 2 is 1.94 bits per heavy atom. The third-order valence-corrected chi connectivity index (χ3v) is 3.88. The molecule has 0 spiro atoms. The van der Waals surface area contributed by atoms with Gasteiger partial charge < -0.3 is 5.32 Å². The Bertz CT molecular complexity index is 636. The highest BCUT2D eigenvalue weighted by Gasteiger charge is 2.16. The Morgan fingerprint density at radius 1 is 1.24 bits per heavy atom. The quantitative estimate of drug-likeness (QED) is 0.865. The highest BCUT2D eigenvalue weighted by atomic mass is 35.5. The molecule has 0 saturated carbocycles. The van der Waals surface area contributed by atoms with Gasteiger partial charge in [-0.05, 0) is 19.1 Å². The van der Waals surface area contributed by atoms with E-state index in [1.54, 1.807) is 25.1 Å². The third-order valence-electron chi connectivity index (χ3n) is 2.08. The molecule has 1 heterocycles. The molecular weight excluding hydrogens is 283 g/mol. The summed E-state index contributed by atoms with van der Waals surface area (Å²) in [5.74, 6) is 0.313. The first-order valence-electron chi connectivity index (χ1n) is 4.63. The van der Waals surface area contributed by atoms with Crippen molar-refractivity contribution in [2.24, 2.45) is 4.40 Å². The molecule has 17 heavy (non-hydrogen) atoms. The maximum atomic E-state index is 11.4. The van der Waals surface area contributed by atoms with Gasteiger partial charge in [-0.15, -0.1) is 4.40 Å². The van der Waals surface area contributed by atoms with Crippen LogP contribution < -0.4 is 5.32 Å². The molecule has 0 radical (unpaired) electrons. The molecule has 1 aromatic carbocycles. The van der Waals surface area contributed by atoms with E-state index in [4.69, 9.17) is 23.2 Å². The van der Waals surface area contributed by atoms with Crippen molar-refractivity contribution in [1.82, 2.24) is 5.32 Å². The van der Waals surface area contributed by atoms with Gasteiger partial charge >= 0.3 is 0 Å². The van der Waals surface area contributed by atoms with Crippen molar-refractivity contribution >= 4 is 44.8 Å².